The molecule has 2 rings (SSSR count). The Hall–Kier alpha value is -0.970. The number of aromatic nitrogens is 1. The lowest BCUT2D eigenvalue weighted by atomic mass is 9.99. The zero-order valence-electron chi connectivity index (χ0n) is 16.4. The van der Waals surface area contributed by atoms with Crippen molar-refractivity contribution < 1.29 is 13.3 Å². The van der Waals surface area contributed by atoms with E-state index in [0.717, 1.165) is 37.1 Å². The van der Waals surface area contributed by atoms with Crippen LogP contribution in [0.4, 0.5) is 8.78 Å². The number of rotatable bonds is 8. The van der Waals surface area contributed by atoms with Gasteiger partial charge in [-0.15, -0.1) is 24.0 Å². The highest BCUT2D eigenvalue weighted by Crippen LogP contribution is 2.22. The van der Waals surface area contributed by atoms with Gasteiger partial charge in [0.25, 0.3) is 6.43 Å². The van der Waals surface area contributed by atoms with Crippen molar-refractivity contribution >= 4 is 29.9 Å². The molecular formula is C18H32F2IN5O. The van der Waals surface area contributed by atoms with Crippen molar-refractivity contribution in [2.75, 3.05) is 26.7 Å². The van der Waals surface area contributed by atoms with Crippen molar-refractivity contribution in [2.24, 2.45) is 4.99 Å². The van der Waals surface area contributed by atoms with E-state index in [0.29, 0.717) is 31.5 Å². The number of piperidine rings is 1. The zero-order chi connectivity index (χ0) is 18.9. The van der Waals surface area contributed by atoms with Gasteiger partial charge in [-0.05, 0) is 25.7 Å². The lowest BCUT2D eigenvalue weighted by Gasteiger charge is -2.32. The third kappa shape index (κ3) is 7.89. The molecule has 0 amide bonds. The Morgan fingerprint density at radius 2 is 2.00 bits per heavy atom. The van der Waals surface area contributed by atoms with Crippen LogP contribution in [0.15, 0.2) is 15.6 Å². The Morgan fingerprint density at radius 3 is 2.56 bits per heavy atom. The van der Waals surface area contributed by atoms with E-state index in [1.807, 2.05) is 11.0 Å². The summed E-state index contributed by atoms with van der Waals surface area (Å²) in [4.78, 5) is 6.05. The second kappa shape index (κ2) is 12.5. The Labute approximate surface area is 177 Å². The van der Waals surface area contributed by atoms with E-state index in [2.05, 4.69) is 34.6 Å². The molecule has 6 nitrogen and oxygen atoms in total. The van der Waals surface area contributed by atoms with Crippen molar-refractivity contribution in [3.05, 3.63) is 17.5 Å². The van der Waals surface area contributed by atoms with Crippen LogP contribution in [-0.2, 0) is 6.54 Å². The normalized spacial score (nSPS) is 16.6. The molecule has 1 fully saturated rings. The standard InChI is InChI=1S/C18H31F2N5O.HI/c1-4-13(5-2)16-10-15(26-24-16)11-22-18(21-3)23-14-6-8-25(9-7-14)12-17(19)20;/h10,13-14,17H,4-9,11-12H2,1-3H3,(H2,21,22,23);1H. The molecule has 0 aromatic carbocycles. The number of hydrogen-bond acceptors (Lipinski definition) is 4. The maximum Gasteiger partial charge on any atom is 0.251 e. The Balaban J connectivity index is 0.00000364. The molecule has 1 saturated heterocycles. The van der Waals surface area contributed by atoms with Crippen molar-refractivity contribution in [2.45, 2.75) is 64.5 Å². The molecular weight excluding hydrogens is 467 g/mol. The van der Waals surface area contributed by atoms with Gasteiger partial charge in [0.1, 0.15) is 0 Å². The van der Waals surface area contributed by atoms with E-state index >= 15 is 0 Å². The Morgan fingerprint density at radius 1 is 1.33 bits per heavy atom. The van der Waals surface area contributed by atoms with Crippen molar-refractivity contribution in [1.82, 2.24) is 20.7 Å². The lowest BCUT2D eigenvalue weighted by Crippen LogP contribution is -2.49. The molecule has 0 radical (unpaired) electrons. The fraction of sp³-hybridized carbons (Fsp3) is 0.778. The number of aliphatic imine (C=N–C) groups is 1. The monoisotopic (exact) mass is 499 g/mol. The first kappa shape index (κ1) is 24.1. The topological polar surface area (TPSA) is 65.7 Å². The summed E-state index contributed by atoms with van der Waals surface area (Å²) in [6.07, 6.45) is 1.48. The first-order valence-electron chi connectivity index (χ1n) is 9.48. The summed E-state index contributed by atoms with van der Waals surface area (Å²) < 4.78 is 30.3. The summed E-state index contributed by atoms with van der Waals surface area (Å²) in [5.74, 6) is 1.91. The molecule has 0 unspecified atom stereocenters. The highest BCUT2D eigenvalue weighted by atomic mass is 127. The van der Waals surface area contributed by atoms with Crippen LogP contribution in [0.5, 0.6) is 0 Å². The number of likely N-dealkylation sites (tertiary alicyclic amines) is 1. The summed E-state index contributed by atoms with van der Waals surface area (Å²) in [5.41, 5.74) is 1.00. The van der Waals surface area contributed by atoms with Crippen LogP contribution in [0.1, 0.15) is 56.9 Å². The highest BCUT2D eigenvalue weighted by Gasteiger charge is 2.22. The number of nitrogens with one attached hydrogen (secondary N) is 2. The maximum absolute atomic E-state index is 12.4. The molecule has 27 heavy (non-hydrogen) atoms. The number of nitrogens with zero attached hydrogens (tertiary/aromatic N) is 3. The summed E-state index contributed by atoms with van der Waals surface area (Å²) >= 11 is 0. The van der Waals surface area contributed by atoms with Crippen LogP contribution >= 0.6 is 24.0 Å². The molecule has 0 bridgehead atoms. The van der Waals surface area contributed by atoms with E-state index in [1.54, 1.807) is 7.05 Å². The van der Waals surface area contributed by atoms with Gasteiger partial charge < -0.3 is 15.2 Å². The number of alkyl halides is 2. The molecule has 1 aromatic rings. The molecule has 1 aliphatic heterocycles. The van der Waals surface area contributed by atoms with Gasteiger partial charge in [0.15, 0.2) is 11.7 Å². The fourth-order valence-electron chi connectivity index (χ4n) is 3.33. The molecule has 156 valence electrons. The third-order valence-corrected chi connectivity index (χ3v) is 4.96. The lowest BCUT2D eigenvalue weighted by molar-refractivity contribution is 0.0744. The second-order valence-corrected chi connectivity index (χ2v) is 6.77. The molecule has 0 spiro atoms. The summed E-state index contributed by atoms with van der Waals surface area (Å²) in [6, 6.07) is 2.24. The minimum absolute atomic E-state index is 0. The summed E-state index contributed by atoms with van der Waals surface area (Å²) in [6.45, 7) is 6.04. The van der Waals surface area contributed by atoms with Gasteiger partial charge in [0.05, 0.1) is 18.8 Å². The first-order chi connectivity index (χ1) is 12.5. The van der Waals surface area contributed by atoms with E-state index in [-0.39, 0.29) is 36.6 Å². The molecule has 2 N–H and O–H groups in total. The van der Waals surface area contributed by atoms with Gasteiger partial charge in [-0.3, -0.25) is 9.89 Å². The van der Waals surface area contributed by atoms with Gasteiger partial charge in [-0.1, -0.05) is 19.0 Å². The first-order valence-corrected chi connectivity index (χ1v) is 9.48. The molecule has 9 heteroatoms. The zero-order valence-corrected chi connectivity index (χ0v) is 18.7. The third-order valence-electron chi connectivity index (χ3n) is 4.96. The molecule has 1 aliphatic rings. The van der Waals surface area contributed by atoms with Gasteiger partial charge in [0, 0.05) is 38.2 Å². The SMILES string of the molecule is CCC(CC)c1cc(CNC(=NC)NC2CCN(CC(F)F)CC2)on1.I. The average Bonchev–Trinajstić information content (AvgIpc) is 3.09. The number of halogens is 3. The quantitative estimate of drug-likeness (QED) is 0.325. The minimum atomic E-state index is -2.26. The van der Waals surface area contributed by atoms with Gasteiger partial charge >= 0.3 is 0 Å². The van der Waals surface area contributed by atoms with Crippen LogP contribution in [-0.4, -0.2) is 55.2 Å². The van der Waals surface area contributed by atoms with Crippen LogP contribution in [0, 0.1) is 0 Å². The van der Waals surface area contributed by atoms with E-state index in [9.17, 15) is 8.78 Å². The molecule has 2 heterocycles. The van der Waals surface area contributed by atoms with Crippen molar-refractivity contribution in [3.63, 3.8) is 0 Å². The predicted octanol–water partition coefficient (Wildman–Crippen LogP) is 3.59. The van der Waals surface area contributed by atoms with E-state index < -0.39 is 6.43 Å². The molecule has 0 atom stereocenters. The maximum atomic E-state index is 12.4. The summed E-state index contributed by atoms with van der Waals surface area (Å²) in [5, 5.41) is 10.8. The van der Waals surface area contributed by atoms with Crippen LogP contribution in [0.2, 0.25) is 0 Å². The fourth-order valence-corrected chi connectivity index (χ4v) is 3.33. The molecule has 0 aliphatic carbocycles. The van der Waals surface area contributed by atoms with Crippen LogP contribution < -0.4 is 10.6 Å². The average molecular weight is 499 g/mol. The Kier molecular flexibility index (Phi) is 11.1. The second-order valence-electron chi connectivity index (χ2n) is 6.77. The predicted molar refractivity (Wildman–Crippen MR) is 114 cm³/mol. The number of guanidine groups is 1. The van der Waals surface area contributed by atoms with Gasteiger partial charge in [0.2, 0.25) is 0 Å². The van der Waals surface area contributed by atoms with Crippen LogP contribution in [0.3, 0.4) is 0 Å². The van der Waals surface area contributed by atoms with Crippen molar-refractivity contribution in [1.29, 1.82) is 0 Å². The summed E-state index contributed by atoms with van der Waals surface area (Å²) in [7, 11) is 1.72. The van der Waals surface area contributed by atoms with E-state index in [1.165, 1.54) is 0 Å². The van der Waals surface area contributed by atoms with Crippen LogP contribution in [0.25, 0.3) is 0 Å². The number of hydrogen-bond donors (Lipinski definition) is 2. The van der Waals surface area contributed by atoms with Gasteiger partial charge in [-0.2, -0.15) is 0 Å². The molecule has 1 aromatic heterocycles. The molecule has 0 saturated carbocycles. The Bertz CT molecular complexity index is 558. The largest absolute Gasteiger partial charge is 0.359 e. The van der Waals surface area contributed by atoms with Crippen molar-refractivity contribution in [3.8, 4) is 0 Å². The van der Waals surface area contributed by atoms with Gasteiger partial charge in [-0.25, -0.2) is 8.78 Å². The van der Waals surface area contributed by atoms with E-state index in [4.69, 9.17) is 4.52 Å². The smallest absolute Gasteiger partial charge is 0.251 e. The minimum Gasteiger partial charge on any atom is -0.359 e. The highest BCUT2D eigenvalue weighted by molar-refractivity contribution is 14.0.